The fourth-order valence-electron chi connectivity index (χ4n) is 1.82. The average Bonchev–Trinajstić information content (AvgIpc) is 2.49. The lowest BCUT2D eigenvalue weighted by Crippen LogP contribution is -2.30. The van der Waals surface area contributed by atoms with Crippen LogP contribution in [-0.2, 0) is 9.84 Å². The fraction of sp³-hybridized carbons (Fsp3) is 0.571. The van der Waals surface area contributed by atoms with Crippen LogP contribution in [0.5, 0.6) is 0 Å². The van der Waals surface area contributed by atoms with E-state index in [0.717, 1.165) is 18.9 Å². The van der Waals surface area contributed by atoms with Gasteiger partial charge in [-0.25, -0.2) is 13.4 Å². The van der Waals surface area contributed by atoms with Crippen LogP contribution in [0.15, 0.2) is 18.3 Å². The van der Waals surface area contributed by atoms with E-state index in [4.69, 9.17) is 0 Å². The van der Waals surface area contributed by atoms with Gasteiger partial charge in [-0.3, -0.25) is 4.79 Å². The van der Waals surface area contributed by atoms with Gasteiger partial charge in [0.2, 0.25) is 0 Å². The zero-order chi connectivity index (χ0) is 15.9. The number of nitrogens with zero attached hydrogens (tertiary/aromatic N) is 2. The number of sulfone groups is 1. The van der Waals surface area contributed by atoms with Gasteiger partial charge in [-0.15, -0.1) is 0 Å². The minimum atomic E-state index is -3.06. The predicted octanol–water partition coefficient (Wildman–Crippen LogP) is 1.09. The molecule has 0 radical (unpaired) electrons. The minimum Gasteiger partial charge on any atom is -0.357 e. The molecule has 0 atom stereocenters. The molecule has 0 saturated carbocycles. The van der Waals surface area contributed by atoms with Crippen LogP contribution in [0.4, 0.5) is 5.82 Å². The molecule has 1 amide bonds. The second-order valence-corrected chi connectivity index (χ2v) is 7.04. The van der Waals surface area contributed by atoms with Crippen LogP contribution in [0, 0.1) is 0 Å². The number of carbonyl (C=O) groups excluding carboxylic acids is 1. The highest BCUT2D eigenvalue weighted by Crippen LogP contribution is 2.10. The fourth-order valence-corrected chi connectivity index (χ4v) is 2.52. The SMILES string of the molecule is CCN(CC)c1ccc(C(=O)NCCS(=O)(=O)CC)cn1. The van der Waals surface area contributed by atoms with Crippen molar-refractivity contribution in [1.82, 2.24) is 10.3 Å². The van der Waals surface area contributed by atoms with Crippen LogP contribution in [0.1, 0.15) is 31.1 Å². The maximum absolute atomic E-state index is 11.9. The molecule has 1 rings (SSSR count). The zero-order valence-corrected chi connectivity index (χ0v) is 13.6. The van der Waals surface area contributed by atoms with Crippen LogP contribution < -0.4 is 10.2 Å². The molecule has 1 N–H and O–H groups in total. The molecule has 21 heavy (non-hydrogen) atoms. The maximum Gasteiger partial charge on any atom is 0.252 e. The summed E-state index contributed by atoms with van der Waals surface area (Å²) in [7, 11) is -3.06. The summed E-state index contributed by atoms with van der Waals surface area (Å²) in [4.78, 5) is 18.2. The summed E-state index contributed by atoms with van der Waals surface area (Å²) in [5.74, 6) is 0.563. The highest BCUT2D eigenvalue weighted by atomic mass is 32.2. The first-order valence-corrected chi connectivity index (χ1v) is 8.95. The van der Waals surface area contributed by atoms with Gasteiger partial charge in [0.1, 0.15) is 5.82 Å². The lowest BCUT2D eigenvalue weighted by atomic mass is 10.2. The number of amides is 1. The van der Waals surface area contributed by atoms with Crippen molar-refractivity contribution in [2.24, 2.45) is 0 Å². The first-order valence-electron chi connectivity index (χ1n) is 7.13. The number of aromatic nitrogens is 1. The van der Waals surface area contributed by atoms with Gasteiger partial charge in [0.15, 0.2) is 9.84 Å². The van der Waals surface area contributed by atoms with E-state index in [2.05, 4.69) is 15.2 Å². The first-order chi connectivity index (χ1) is 9.93. The smallest absolute Gasteiger partial charge is 0.252 e. The second kappa shape index (κ2) is 7.97. The van der Waals surface area contributed by atoms with Crippen LogP contribution in [0.2, 0.25) is 0 Å². The van der Waals surface area contributed by atoms with Crippen molar-refractivity contribution in [3.8, 4) is 0 Å². The Balaban J connectivity index is 2.59. The number of anilines is 1. The molecule has 0 spiro atoms. The Hall–Kier alpha value is -1.63. The van der Waals surface area contributed by atoms with E-state index >= 15 is 0 Å². The van der Waals surface area contributed by atoms with Crippen LogP contribution in [0.3, 0.4) is 0 Å². The van der Waals surface area contributed by atoms with Gasteiger partial charge in [0.25, 0.3) is 5.91 Å². The van der Waals surface area contributed by atoms with E-state index in [1.54, 1.807) is 19.1 Å². The summed E-state index contributed by atoms with van der Waals surface area (Å²) in [6.07, 6.45) is 1.51. The van der Waals surface area contributed by atoms with E-state index in [1.807, 2.05) is 13.8 Å². The summed E-state index contributed by atoms with van der Waals surface area (Å²) in [5.41, 5.74) is 0.430. The summed E-state index contributed by atoms with van der Waals surface area (Å²) < 4.78 is 22.7. The minimum absolute atomic E-state index is 0.0415. The molecule has 0 saturated heterocycles. The van der Waals surface area contributed by atoms with Crippen molar-refractivity contribution in [3.63, 3.8) is 0 Å². The van der Waals surface area contributed by atoms with E-state index in [-0.39, 0.29) is 24.0 Å². The Morgan fingerprint density at radius 2 is 1.90 bits per heavy atom. The lowest BCUT2D eigenvalue weighted by molar-refractivity contribution is 0.0956. The largest absolute Gasteiger partial charge is 0.357 e. The third-order valence-electron chi connectivity index (χ3n) is 3.24. The van der Waals surface area contributed by atoms with Crippen molar-refractivity contribution in [1.29, 1.82) is 0 Å². The molecular formula is C14H23N3O3S. The van der Waals surface area contributed by atoms with Crippen molar-refractivity contribution >= 4 is 21.6 Å². The molecular weight excluding hydrogens is 290 g/mol. The lowest BCUT2D eigenvalue weighted by Gasteiger charge is -2.19. The van der Waals surface area contributed by atoms with E-state index in [9.17, 15) is 13.2 Å². The average molecular weight is 313 g/mol. The predicted molar refractivity (Wildman–Crippen MR) is 84.5 cm³/mol. The highest BCUT2D eigenvalue weighted by Gasteiger charge is 2.11. The molecule has 1 aromatic rings. The van der Waals surface area contributed by atoms with Crippen molar-refractivity contribution in [2.45, 2.75) is 20.8 Å². The quantitative estimate of drug-likeness (QED) is 0.777. The normalized spacial score (nSPS) is 11.2. The molecule has 118 valence electrons. The number of pyridine rings is 1. The van der Waals surface area contributed by atoms with Gasteiger partial charge in [0.05, 0.1) is 11.3 Å². The van der Waals surface area contributed by atoms with E-state index in [1.165, 1.54) is 6.20 Å². The van der Waals surface area contributed by atoms with Gasteiger partial charge in [-0.1, -0.05) is 6.92 Å². The standard InChI is InChI=1S/C14H23N3O3S/c1-4-17(5-2)13-8-7-12(11-16-13)14(18)15-9-10-21(19,20)6-3/h7-8,11H,4-6,9-10H2,1-3H3,(H,15,18). The molecule has 0 bridgehead atoms. The summed E-state index contributed by atoms with van der Waals surface area (Å²) in [6, 6.07) is 3.50. The first kappa shape index (κ1) is 17.4. The number of rotatable bonds is 8. The number of hydrogen-bond donors (Lipinski definition) is 1. The van der Waals surface area contributed by atoms with Gasteiger partial charge in [0, 0.05) is 31.6 Å². The maximum atomic E-state index is 11.9. The van der Waals surface area contributed by atoms with E-state index in [0.29, 0.717) is 5.56 Å². The van der Waals surface area contributed by atoms with Crippen molar-refractivity contribution < 1.29 is 13.2 Å². The summed E-state index contributed by atoms with van der Waals surface area (Å²) in [6.45, 7) is 7.49. The number of hydrogen-bond acceptors (Lipinski definition) is 5. The molecule has 6 nitrogen and oxygen atoms in total. The van der Waals surface area contributed by atoms with Gasteiger partial charge in [-0.05, 0) is 26.0 Å². The Kier molecular flexibility index (Phi) is 6.61. The van der Waals surface area contributed by atoms with Gasteiger partial charge >= 0.3 is 0 Å². The van der Waals surface area contributed by atoms with Gasteiger partial charge in [-0.2, -0.15) is 0 Å². The topological polar surface area (TPSA) is 79.4 Å². The van der Waals surface area contributed by atoms with Crippen LogP contribution in [-0.4, -0.2) is 50.4 Å². The van der Waals surface area contributed by atoms with Gasteiger partial charge < -0.3 is 10.2 Å². The Bertz CT molecular complexity index is 551. The Morgan fingerprint density at radius 3 is 2.38 bits per heavy atom. The second-order valence-electron chi connectivity index (χ2n) is 4.57. The molecule has 0 unspecified atom stereocenters. The molecule has 0 fully saturated rings. The molecule has 0 aliphatic rings. The Labute approximate surface area is 126 Å². The zero-order valence-electron chi connectivity index (χ0n) is 12.8. The number of carbonyl (C=O) groups is 1. The Morgan fingerprint density at radius 1 is 1.24 bits per heavy atom. The molecule has 0 aliphatic heterocycles. The third-order valence-corrected chi connectivity index (χ3v) is 4.94. The monoisotopic (exact) mass is 313 g/mol. The van der Waals surface area contributed by atoms with Crippen molar-refractivity contribution in [2.75, 3.05) is 36.0 Å². The number of nitrogens with one attached hydrogen (secondary N) is 1. The van der Waals surface area contributed by atoms with Crippen LogP contribution >= 0.6 is 0 Å². The molecule has 1 aromatic heterocycles. The summed E-state index contributed by atoms with van der Waals surface area (Å²) >= 11 is 0. The highest BCUT2D eigenvalue weighted by molar-refractivity contribution is 7.91. The van der Waals surface area contributed by atoms with Crippen LogP contribution in [0.25, 0.3) is 0 Å². The molecule has 0 aliphatic carbocycles. The molecule has 0 aromatic carbocycles. The summed E-state index contributed by atoms with van der Waals surface area (Å²) in [5, 5.41) is 2.59. The third kappa shape index (κ3) is 5.34. The molecule has 7 heteroatoms. The molecule has 1 heterocycles. The van der Waals surface area contributed by atoms with Crippen molar-refractivity contribution in [3.05, 3.63) is 23.9 Å². The van der Waals surface area contributed by atoms with E-state index < -0.39 is 9.84 Å².